The number of ether oxygens (including phenoxy) is 4. The first-order valence-corrected chi connectivity index (χ1v) is 8.27. The van der Waals surface area contributed by atoms with Gasteiger partial charge in [-0.05, 0) is 0 Å². The number of fused-ring (bicyclic) bond motifs is 1. The number of hydrogen-bond donors (Lipinski definition) is 0. The number of thiophene rings is 1. The Bertz CT molecular complexity index is 584. The summed E-state index contributed by atoms with van der Waals surface area (Å²) in [5, 5.41) is 3.90. The predicted molar refractivity (Wildman–Crippen MR) is 81.5 cm³/mol. The third kappa shape index (κ3) is 4.22. The summed E-state index contributed by atoms with van der Waals surface area (Å²) < 4.78 is 26.6. The summed E-state index contributed by atoms with van der Waals surface area (Å²) in [7, 11) is 2.00. The third-order valence-corrected chi connectivity index (χ3v) is 4.00. The molecule has 0 saturated heterocycles. The molecule has 0 fully saturated rings. The fourth-order valence-corrected chi connectivity index (χ4v) is 2.85. The van der Waals surface area contributed by atoms with Gasteiger partial charge in [0.2, 0.25) is 6.33 Å². The van der Waals surface area contributed by atoms with Gasteiger partial charge in [-0.1, -0.05) is 0 Å². The molecule has 0 aliphatic carbocycles. The van der Waals surface area contributed by atoms with E-state index >= 15 is 0 Å². The minimum atomic E-state index is -0.0398. The van der Waals surface area contributed by atoms with E-state index in [0.29, 0.717) is 33.0 Å². The summed E-state index contributed by atoms with van der Waals surface area (Å²) in [5.41, 5.74) is 0. The first-order valence-electron chi connectivity index (χ1n) is 7.33. The molecule has 0 saturated carbocycles. The molecule has 3 rings (SSSR count). The Balaban J connectivity index is 1.23. The number of rotatable bonds is 8. The molecule has 0 aromatic carbocycles. The van der Waals surface area contributed by atoms with Crippen molar-refractivity contribution in [1.82, 2.24) is 4.57 Å². The van der Waals surface area contributed by atoms with Crippen molar-refractivity contribution in [3.05, 3.63) is 29.5 Å². The number of aromatic nitrogens is 2. The van der Waals surface area contributed by atoms with E-state index in [4.69, 9.17) is 18.9 Å². The lowest BCUT2D eigenvalue weighted by molar-refractivity contribution is -0.671. The van der Waals surface area contributed by atoms with Crippen molar-refractivity contribution >= 4 is 11.3 Å². The van der Waals surface area contributed by atoms with Gasteiger partial charge in [-0.15, -0.1) is 11.3 Å². The maximum atomic E-state index is 5.77. The van der Waals surface area contributed by atoms with Crippen LogP contribution in [0.1, 0.15) is 0 Å². The van der Waals surface area contributed by atoms with Gasteiger partial charge < -0.3 is 18.9 Å². The second kappa shape index (κ2) is 7.62. The van der Waals surface area contributed by atoms with Gasteiger partial charge >= 0.3 is 0 Å². The number of imidazole rings is 1. The smallest absolute Gasteiger partial charge is 0.243 e. The Labute approximate surface area is 133 Å². The molecule has 6 nitrogen and oxygen atoms in total. The van der Waals surface area contributed by atoms with Gasteiger partial charge in [-0.2, -0.15) is 0 Å². The molecule has 22 heavy (non-hydrogen) atoms. The minimum absolute atomic E-state index is 0.0398. The summed E-state index contributed by atoms with van der Waals surface area (Å²) in [5.74, 6) is 1.66. The highest BCUT2D eigenvalue weighted by Crippen LogP contribution is 2.35. The second-order valence-corrected chi connectivity index (χ2v) is 5.90. The molecule has 1 aliphatic heterocycles. The maximum Gasteiger partial charge on any atom is 0.243 e. The van der Waals surface area contributed by atoms with Gasteiger partial charge in [0.1, 0.15) is 25.5 Å². The average Bonchev–Trinajstić information content (AvgIpc) is 3.14. The summed E-state index contributed by atoms with van der Waals surface area (Å²) in [6.07, 6.45) is 6.02. The van der Waals surface area contributed by atoms with Gasteiger partial charge in [-0.25, -0.2) is 9.13 Å². The van der Waals surface area contributed by atoms with Crippen molar-refractivity contribution in [2.45, 2.75) is 12.6 Å². The van der Waals surface area contributed by atoms with E-state index in [0.717, 1.165) is 18.0 Å². The van der Waals surface area contributed by atoms with Crippen LogP contribution in [0.3, 0.4) is 0 Å². The molecule has 1 aliphatic rings. The Morgan fingerprint density at radius 2 is 2.14 bits per heavy atom. The molecule has 0 N–H and O–H groups in total. The molecule has 7 heteroatoms. The third-order valence-electron chi connectivity index (χ3n) is 3.30. The van der Waals surface area contributed by atoms with Crippen molar-refractivity contribution in [1.29, 1.82) is 0 Å². The lowest BCUT2D eigenvalue weighted by Crippen LogP contribution is -2.33. The van der Waals surface area contributed by atoms with E-state index in [1.165, 1.54) is 0 Å². The van der Waals surface area contributed by atoms with Gasteiger partial charge in [0.05, 0.1) is 33.5 Å². The van der Waals surface area contributed by atoms with E-state index in [1.807, 2.05) is 41.1 Å². The molecule has 120 valence electrons. The van der Waals surface area contributed by atoms with Crippen LogP contribution in [0.15, 0.2) is 29.5 Å². The van der Waals surface area contributed by atoms with E-state index in [9.17, 15) is 0 Å². The van der Waals surface area contributed by atoms with Gasteiger partial charge in [0, 0.05) is 10.8 Å². The first-order chi connectivity index (χ1) is 10.8. The zero-order valence-electron chi connectivity index (χ0n) is 12.6. The monoisotopic (exact) mass is 325 g/mol. The van der Waals surface area contributed by atoms with Crippen molar-refractivity contribution in [2.75, 3.05) is 33.0 Å². The Hall–Kier alpha value is -1.57. The van der Waals surface area contributed by atoms with Crippen LogP contribution in [-0.4, -0.2) is 43.7 Å². The number of nitrogens with zero attached hydrogens (tertiary/aromatic N) is 2. The van der Waals surface area contributed by atoms with Gasteiger partial charge in [-0.3, -0.25) is 0 Å². The predicted octanol–water partition coefficient (Wildman–Crippen LogP) is 1.25. The summed E-state index contributed by atoms with van der Waals surface area (Å²) in [6, 6.07) is 0. The number of hydrogen-bond acceptors (Lipinski definition) is 5. The van der Waals surface area contributed by atoms with Crippen LogP contribution < -0.4 is 14.0 Å². The molecular weight excluding hydrogens is 304 g/mol. The highest BCUT2D eigenvalue weighted by Gasteiger charge is 2.21. The summed E-state index contributed by atoms with van der Waals surface area (Å²) in [6.45, 7) is 3.74. The maximum absolute atomic E-state index is 5.77. The normalized spacial score (nSPS) is 16.9. The summed E-state index contributed by atoms with van der Waals surface area (Å²) in [4.78, 5) is 0. The molecule has 0 amide bonds. The topological polar surface area (TPSA) is 45.7 Å². The van der Waals surface area contributed by atoms with E-state index in [1.54, 1.807) is 11.3 Å². The lowest BCUT2D eigenvalue weighted by Gasteiger charge is -2.24. The van der Waals surface area contributed by atoms with Crippen molar-refractivity contribution in [2.24, 2.45) is 7.05 Å². The van der Waals surface area contributed by atoms with E-state index in [-0.39, 0.29) is 6.10 Å². The molecule has 0 radical (unpaired) electrons. The minimum Gasteiger partial charge on any atom is -0.485 e. The molecule has 0 spiro atoms. The average molecular weight is 325 g/mol. The van der Waals surface area contributed by atoms with Crippen LogP contribution >= 0.6 is 11.3 Å². The standard InChI is InChI=1S/C15H21N2O4S/c1-16-2-3-17(12-16)4-5-18-6-7-19-8-13-9-20-14-10-22-11-15(14)21-13/h2-3,10-13H,4-9H2,1H3/q+1. The Morgan fingerprint density at radius 3 is 3.00 bits per heavy atom. The molecule has 1 atom stereocenters. The van der Waals surface area contributed by atoms with Crippen LogP contribution in [0.5, 0.6) is 11.5 Å². The number of aryl methyl sites for hydroxylation is 1. The van der Waals surface area contributed by atoms with Crippen molar-refractivity contribution in [3.63, 3.8) is 0 Å². The van der Waals surface area contributed by atoms with Gasteiger partial charge in [0.25, 0.3) is 0 Å². The molecule has 1 unspecified atom stereocenters. The highest BCUT2D eigenvalue weighted by atomic mass is 32.1. The van der Waals surface area contributed by atoms with Gasteiger partial charge in [0.15, 0.2) is 17.6 Å². The highest BCUT2D eigenvalue weighted by molar-refractivity contribution is 7.08. The first kappa shape index (κ1) is 15.3. The van der Waals surface area contributed by atoms with Crippen LogP contribution in [0.25, 0.3) is 0 Å². The molecular formula is C15H21N2O4S+. The van der Waals surface area contributed by atoms with E-state index in [2.05, 4.69) is 4.57 Å². The Kier molecular flexibility index (Phi) is 5.31. The van der Waals surface area contributed by atoms with Crippen LogP contribution in [0.4, 0.5) is 0 Å². The zero-order chi connectivity index (χ0) is 15.2. The molecule has 0 bridgehead atoms. The fraction of sp³-hybridized carbons (Fsp3) is 0.533. The van der Waals surface area contributed by atoms with Crippen molar-refractivity contribution in [3.8, 4) is 11.5 Å². The molecule has 2 aromatic rings. The van der Waals surface area contributed by atoms with E-state index < -0.39 is 0 Å². The quantitative estimate of drug-likeness (QED) is 0.541. The zero-order valence-corrected chi connectivity index (χ0v) is 13.5. The van der Waals surface area contributed by atoms with Crippen LogP contribution in [0, 0.1) is 0 Å². The van der Waals surface area contributed by atoms with Crippen molar-refractivity contribution < 1.29 is 23.5 Å². The summed E-state index contributed by atoms with van der Waals surface area (Å²) >= 11 is 1.58. The molecule has 2 aromatic heterocycles. The molecule has 3 heterocycles. The SMILES string of the molecule is C[n+]1ccn(CCOCCOCC2COc3cscc3O2)c1. The lowest BCUT2D eigenvalue weighted by atomic mass is 10.3. The van der Waals surface area contributed by atoms with Crippen LogP contribution in [0.2, 0.25) is 0 Å². The second-order valence-electron chi connectivity index (χ2n) is 5.16. The Morgan fingerprint density at radius 1 is 1.27 bits per heavy atom. The van der Waals surface area contributed by atoms with Crippen LogP contribution in [-0.2, 0) is 23.1 Å². The largest absolute Gasteiger partial charge is 0.485 e. The fourth-order valence-electron chi connectivity index (χ4n) is 2.18.